The molecule has 0 aliphatic heterocycles. The van der Waals surface area contributed by atoms with Gasteiger partial charge in [-0.25, -0.2) is 0 Å². The van der Waals surface area contributed by atoms with Crippen molar-refractivity contribution in [1.29, 1.82) is 0 Å². The molecular formula is C23H36Br2N2O3. The summed E-state index contributed by atoms with van der Waals surface area (Å²) in [4.78, 5) is 0. The summed E-state index contributed by atoms with van der Waals surface area (Å²) in [6, 6.07) is 4.49. The highest BCUT2D eigenvalue weighted by molar-refractivity contribution is 9.11. The van der Waals surface area contributed by atoms with Crippen molar-refractivity contribution in [2.24, 2.45) is 5.92 Å². The van der Waals surface area contributed by atoms with Crippen molar-refractivity contribution < 1.29 is 15.3 Å². The van der Waals surface area contributed by atoms with E-state index in [9.17, 15) is 15.3 Å². The van der Waals surface area contributed by atoms with Gasteiger partial charge in [0.15, 0.2) is 0 Å². The van der Waals surface area contributed by atoms with Crippen LogP contribution in [0.1, 0.15) is 64.9 Å². The summed E-state index contributed by atoms with van der Waals surface area (Å²) >= 11 is 6.93. The van der Waals surface area contributed by atoms with E-state index in [2.05, 4.69) is 37.2 Å². The van der Waals surface area contributed by atoms with E-state index in [1.54, 1.807) is 13.8 Å². The molecule has 170 valence electrons. The van der Waals surface area contributed by atoms with Crippen molar-refractivity contribution in [1.82, 2.24) is 5.32 Å². The SMILES string of the molecule is CC1=CC[C@@H](C(C)(C)O)C[C@@H]1O.Nc1c(Br)cc(Br)cc1CNC1CCC(O)CC1. The van der Waals surface area contributed by atoms with Gasteiger partial charge < -0.3 is 26.4 Å². The average molecular weight is 548 g/mol. The van der Waals surface area contributed by atoms with E-state index in [-0.39, 0.29) is 18.1 Å². The maximum absolute atomic E-state index is 9.71. The Balaban J connectivity index is 0.000000232. The van der Waals surface area contributed by atoms with Gasteiger partial charge in [-0.05, 0) is 104 Å². The van der Waals surface area contributed by atoms with Crippen LogP contribution in [0.2, 0.25) is 0 Å². The Bertz CT molecular complexity index is 726. The maximum atomic E-state index is 9.71. The standard InChI is InChI=1S/C13H18Br2N2O.C10H18O2/c14-9-5-8(13(16)12(15)6-9)7-17-10-1-3-11(18)4-2-10;1-7-4-5-8(6-9(7)11)10(2,3)12/h5-6,10-11,17-18H,1-4,7,16H2;4,8-9,11-12H,5-6H2,1-3H3/t;8-,9+/m.1/s1. The lowest BCUT2D eigenvalue weighted by molar-refractivity contribution is -0.00548. The lowest BCUT2D eigenvalue weighted by Crippen LogP contribution is -2.35. The first-order chi connectivity index (χ1) is 14.0. The lowest BCUT2D eigenvalue weighted by atomic mass is 9.78. The smallest absolute Gasteiger partial charge is 0.0751 e. The van der Waals surface area contributed by atoms with Crippen molar-refractivity contribution in [3.63, 3.8) is 0 Å². The molecule has 1 fully saturated rings. The van der Waals surface area contributed by atoms with Gasteiger partial charge in [0.2, 0.25) is 0 Å². The first-order valence-electron chi connectivity index (χ1n) is 10.7. The highest BCUT2D eigenvalue weighted by atomic mass is 79.9. The molecule has 5 nitrogen and oxygen atoms in total. The Morgan fingerprint density at radius 3 is 2.33 bits per heavy atom. The van der Waals surface area contributed by atoms with Gasteiger partial charge in [-0.15, -0.1) is 0 Å². The largest absolute Gasteiger partial charge is 0.398 e. The maximum Gasteiger partial charge on any atom is 0.0751 e. The molecule has 0 spiro atoms. The molecule has 2 atom stereocenters. The van der Waals surface area contributed by atoms with Crippen molar-refractivity contribution in [3.05, 3.63) is 38.3 Å². The van der Waals surface area contributed by atoms with Crippen LogP contribution in [0.3, 0.4) is 0 Å². The minimum absolute atomic E-state index is 0.104. The molecule has 2 aliphatic carbocycles. The molecule has 6 N–H and O–H groups in total. The van der Waals surface area contributed by atoms with Crippen molar-refractivity contribution in [2.75, 3.05) is 5.73 Å². The van der Waals surface area contributed by atoms with Crippen molar-refractivity contribution in [2.45, 2.75) is 89.7 Å². The first-order valence-corrected chi connectivity index (χ1v) is 12.3. The zero-order valence-electron chi connectivity index (χ0n) is 18.2. The summed E-state index contributed by atoms with van der Waals surface area (Å²) in [5, 5.41) is 32.2. The second-order valence-electron chi connectivity index (χ2n) is 9.13. The Morgan fingerprint density at radius 2 is 1.77 bits per heavy atom. The Labute approximate surface area is 197 Å². The molecule has 0 bridgehead atoms. The number of aliphatic hydroxyl groups is 3. The lowest BCUT2D eigenvalue weighted by Gasteiger charge is -2.33. The molecule has 0 radical (unpaired) electrons. The zero-order chi connectivity index (χ0) is 22.5. The quantitative estimate of drug-likeness (QED) is 0.279. The highest BCUT2D eigenvalue weighted by Crippen LogP contribution is 2.31. The number of hydrogen-bond donors (Lipinski definition) is 5. The molecule has 1 aromatic carbocycles. The van der Waals surface area contributed by atoms with Crippen molar-refractivity contribution in [3.8, 4) is 0 Å². The van der Waals surface area contributed by atoms with Crippen LogP contribution < -0.4 is 11.1 Å². The van der Waals surface area contributed by atoms with Gasteiger partial charge in [0.05, 0.1) is 23.5 Å². The van der Waals surface area contributed by atoms with Gasteiger partial charge in [-0.1, -0.05) is 22.0 Å². The van der Waals surface area contributed by atoms with Crippen LogP contribution in [0.5, 0.6) is 0 Å². The fraction of sp³-hybridized carbons (Fsp3) is 0.652. The summed E-state index contributed by atoms with van der Waals surface area (Å²) in [6.07, 6.45) is 7.01. The van der Waals surface area contributed by atoms with Gasteiger partial charge in [0.1, 0.15) is 0 Å². The van der Waals surface area contributed by atoms with E-state index < -0.39 is 5.60 Å². The summed E-state index contributed by atoms with van der Waals surface area (Å²) in [7, 11) is 0. The number of benzene rings is 1. The van der Waals surface area contributed by atoms with Gasteiger partial charge in [-0.3, -0.25) is 0 Å². The molecule has 3 rings (SSSR count). The normalized spacial score (nSPS) is 27.1. The van der Waals surface area contributed by atoms with Gasteiger partial charge in [0.25, 0.3) is 0 Å². The summed E-state index contributed by atoms with van der Waals surface area (Å²) in [5.41, 5.74) is 8.30. The molecule has 0 aromatic heterocycles. The molecule has 7 heteroatoms. The third kappa shape index (κ3) is 7.92. The van der Waals surface area contributed by atoms with E-state index >= 15 is 0 Å². The topological polar surface area (TPSA) is 98.7 Å². The van der Waals surface area contributed by atoms with Crippen LogP contribution in [0.15, 0.2) is 32.7 Å². The minimum atomic E-state index is -0.668. The van der Waals surface area contributed by atoms with Crippen LogP contribution in [0.25, 0.3) is 0 Å². The van der Waals surface area contributed by atoms with Gasteiger partial charge in [-0.2, -0.15) is 0 Å². The predicted molar refractivity (Wildman–Crippen MR) is 130 cm³/mol. The molecule has 0 unspecified atom stereocenters. The van der Waals surface area contributed by atoms with Gasteiger partial charge in [0, 0.05) is 21.5 Å². The van der Waals surface area contributed by atoms with Crippen LogP contribution >= 0.6 is 31.9 Å². The Morgan fingerprint density at radius 1 is 1.13 bits per heavy atom. The first kappa shape index (κ1) is 25.8. The number of hydrogen-bond acceptors (Lipinski definition) is 5. The number of nitrogens with one attached hydrogen (secondary N) is 1. The molecule has 1 aromatic rings. The Kier molecular flexibility index (Phi) is 9.84. The third-order valence-electron chi connectivity index (χ3n) is 6.21. The number of aliphatic hydroxyl groups excluding tert-OH is 2. The second-order valence-corrected chi connectivity index (χ2v) is 10.9. The molecule has 2 aliphatic rings. The molecule has 0 saturated heterocycles. The van der Waals surface area contributed by atoms with Gasteiger partial charge >= 0.3 is 0 Å². The predicted octanol–water partition coefficient (Wildman–Crippen LogP) is 4.66. The number of anilines is 1. The summed E-state index contributed by atoms with van der Waals surface area (Å²) < 4.78 is 1.95. The van der Waals surface area contributed by atoms with Crippen LogP contribution in [0, 0.1) is 5.92 Å². The summed E-state index contributed by atoms with van der Waals surface area (Å²) in [6.45, 7) is 6.31. The Hall–Kier alpha value is -0.440. The second kappa shape index (κ2) is 11.4. The number of nitrogens with two attached hydrogens (primary N) is 1. The number of allylic oxidation sites excluding steroid dienone is 1. The zero-order valence-corrected chi connectivity index (χ0v) is 21.3. The number of rotatable bonds is 4. The number of nitrogen functional groups attached to an aromatic ring is 1. The van der Waals surface area contributed by atoms with Crippen LogP contribution in [-0.2, 0) is 6.54 Å². The van der Waals surface area contributed by atoms with E-state index in [0.29, 0.717) is 12.5 Å². The number of halogens is 2. The fourth-order valence-corrected chi connectivity index (χ4v) is 5.22. The molecule has 1 saturated carbocycles. The molecular weight excluding hydrogens is 512 g/mol. The van der Waals surface area contributed by atoms with Crippen molar-refractivity contribution >= 4 is 37.5 Å². The average Bonchev–Trinajstić information content (AvgIpc) is 2.66. The van der Waals surface area contributed by atoms with E-state index in [0.717, 1.165) is 64.4 Å². The highest BCUT2D eigenvalue weighted by Gasteiger charge is 2.31. The van der Waals surface area contributed by atoms with Crippen LogP contribution in [0.4, 0.5) is 5.69 Å². The monoisotopic (exact) mass is 546 g/mol. The molecule has 30 heavy (non-hydrogen) atoms. The molecule has 0 amide bonds. The third-order valence-corrected chi connectivity index (χ3v) is 7.33. The minimum Gasteiger partial charge on any atom is -0.398 e. The van der Waals surface area contributed by atoms with E-state index in [1.165, 1.54) is 0 Å². The summed E-state index contributed by atoms with van der Waals surface area (Å²) in [5.74, 6) is 0.191. The fourth-order valence-electron chi connectivity index (χ4n) is 3.91. The van der Waals surface area contributed by atoms with E-state index in [4.69, 9.17) is 5.73 Å². The molecule has 0 heterocycles. The van der Waals surface area contributed by atoms with Crippen LogP contribution in [-0.4, -0.2) is 39.2 Å². The van der Waals surface area contributed by atoms with E-state index in [1.807, 2.05) is 25.1 Å².